The van der Waals surface area contributed by atoms with Gasteiger partial charge in [0, 0.05) is 4.88 Å². The average molecular weight is 408 g/mol. The topological polar surface area (TPSA) is 54.5 Å². The van der Waals surface area contributed by atoms with Crippen LogP contribution in [0.2, 0.25) is 0 Å². The zero-order valence-corrected chi connectivity index (χ0v) is 17.4. The number of carbonyl (C=O) groups is 1. The van der Waals surface area contributed by atoms with Gasteiger partial charge in [-0.05, 0) is 43.4 Å². The summed E-state index contributed by atoms with van der Waals surface area (Å²) in [5, 5.41) is 4.02. The van der Waals surface area contributed by atoms with Gasteiger partial charge in [-0.25, -0.2) is 4.98 Å². The maximum Gasteiger partial charge on any atom is 0.248 e. The van der Waals surface area contributed by atoms with Crippen LogP contribution in [0.4, 0.5) is 10.8 Å². The molecule has 1 aliphatic carbocycles. The van der Waals surface area contributed by atoms with Gasteiger partial charge in [0.05, 0.1) is 31.6 Å². The number of hydrogen-bond acceptors (Lipinski definition) is 5. The molecular weight excluding hydrogens is 382 g/mol. The molecule has 29 heavy (non-hydrogen) atoms. The fourth-order valence-electron chi connectivity index (χ4n) is 3.54. The fourth-order valence-corrected chi connectivity index (χ4v) is 4.70. The van der Waals surface area contributed by atoms with E-state index in [0.29, 0.717) is 6.54 Å². The van der Waals surface area contributed by atoms with Gasteiger partial charge in [-0.2, -0.15) is 0 Å². The molecule has 5 nitrogen and oxygen atoms in total. The van der Waals surface area contributed by atoms with Gasteiger partial charge in [0.25, 0.3) is 0 Å². The summed E-state index contributed by atoms with van der Waals surface area (Å²) in [5.74, 6) is 0.713. The number of amides is 1. The molecule has 0 saturated heterocycles. The van der Waals surface area contributed by atoms with Crippen LogP contribution < -0.4 is 15.0 Å². The number of para-hydroxylation sites is 2. The zero-order chi connectivity index (χ0) is 20.1. The van der Waals surface area contributed by atoms with Gasteiger partial charge in [-0.15, -0.1) is 11.3 Å². The van der Waals surface area contributed by atoms with E-state index in [1.165, 1.54) is 23.4 Å². The van der Waals surface area contributed by atoms with Crippen molar-refractivity contribution in [1.29, 1.82) is 0 Å². The number of aryl methyl sites for hydroxylation is 2. The van der Waals surface area contributed by atoms with E-state index in [4.69, 9.17) is 9.72 Å². The van der Waals surface area contributed by atoms with E-state index in [2.05, 4.69) is 5.32 Å². The number of anilines is 2. The molecule has 1 amide bonds. The van der Waals surface area contributed by atoms with Gasteiger partial charge < -0.3 is 10.1 Å². The SMILES string of the molecule is COc1ccccc1NCC(=O)N(Cc1ccccc1)c1nc2c(s1)CCCC2. The van der Waals surface area contributed by atoms with E-state index in [1.807, 2.05) is 54.6 Å². The molecule has 0 unspecified atom stereocenters. The van der Waals surface area contributed by atoms with Crippen molar-refractivity contribution in [2.45, 2.75) is 32.2 Å². The summed E-state index contributed by atoms with van der Waals surface area (Å²) < 4.78 is 5.38. The smallest absolute Gasteiger partial charge is 0.248 e. The Morgan fingerprint density at radius 1 is 1.10 bits per heavy atom. The number of nitrogens with zero attached hydrogens (tertiary/aromatic N) is 2. The quantitative estimate of drug-likeness (QED) is 0.618. The number of benzene rings is 2. The number of hydrogen-bond donors (Lipinski definition) is 1. The number of rotatable bonds is 7. The molecule has 6 heteroatoms. The van der Waals surface area contributed by atoms with Gasteiger partial charge in [0.1, 0.15) is 5.75 Å². The molecule has 4 rings (SSSR count). The highest BCUT2D eigenvalue weighted by Crippen LogP contribution is 2.33. The molecular formula is C23H25N3O2S. The number of ether oxygens (including phenoxy) is 1. The Morgan fingerprint density at radius 3 is 2.66 bits per heavy atom. The van der Waals surface area contributed by atoms with Crippen LogP contribution in [0.5, 0.6) is 5.75 Å². The molecule has 1 N–H and O–H groups in total. The lowest BCUT2D eigenvalue weighted by Crippen LogP contribution is -2.35. The highest BCUT2D eigenvalue weighted by Gasteiger charge is 2.23. The fraction of sp³-hybridized carbons (Fsp3) is 0.304. The number of fused-ring (bicyclic) bond motifs is 1. The first kappa shape index (κ1) is 19.5. The van der Waals surface area contributed by atoms with Crippen molar-refractivity contribution in [2.24, 2.45) is 0 Å². The predicted molar refractivity (Wildman–Crippen MR) is 118 cm³/mol. The Hall–Kier alpha value is -2.86. The van der Waals surface area contributed by atoms with Crippen LogP contribution in [0, 0.1) is 0 Å². The highest BCUT2D eigenvalue weighted by atomic mass is 32.1. The molecule has 3 aromatic rings. The summed E-state index contributed by atoms with van der Waals surface area (Å²) in [5.41, 5.74) is 3.06. The first-order chi connectivity index (χ1) is 14.2. The highest BCUT2D eigenvalue weighted by molar-refractivity contribution is 7.15. The van der Waals surface area contributed by atoms with E-state index in [-0.39, 0.29) is 12.5 Å². The van der Waals surface area contributed by atoms with E-state index in [0.717, 1.165) is 35.0 Å². The second-order valence-corrected chi connectivity index (χ2v) is 8.15. The molecule has 0 atom stereocenters. The minimum atomic E-state index is -0.00847. The Labute approximate surface area is 175 Å². The van der Waals surface area contributed by atoms with Crippen LogP contribution in [0.1, 0.15) is 29.0 Å². The van der Waals surface area contributed by atoms with Crippen molar-refractivity contribution in [3.8, 4) is 5.75 Å². The average Bonchev–Trinajstić information content (AvgIpc) is 3.20. The number of aromatic nitrogens is 1. The summed E-state index contributed by atoms with van der Waals surface area (Å²) in [6.45, 7) is 0.692. The summed E-state index contributed by atoms with van der Waals surface area (Å²) in [6, 6.07) is 17.7. The van der Waals surface area contributed by atoms with Gasteiger partial charge >= 0.3 is 0 Å². The molecule has 0 saturated carbocycles. The Bertz CT molecular complexity index is 948. The Morgan fingerprint density at radius 2 is 1.86 bits per heavy atom. The maximum atomic E-state index is 13.2. The largest absolute Gasteiger partial charge is 0.495 e. The van der Waals surface area contributed by atoms with Crippen LogP contribution in [0.15, 0.2) is 54.6 Å². The van der Waals surface area contributed by atoms with Crippen LogP contribution in [0.25, 0.3) is 0 Å². The number of nitrogens with one attached hydrogen (secondary N) is 1. The predicted octanol–water partition coefficient (Wildman–Crippen LogP) is 4.68. The van der Waals surface area contributed by atoms with E-state index >= 15 is 0 Å². The first-order valence-corrected chi connectivity index (χ1v) is 10.8. The third-order valence-corrected chi connectivity index (χ3v) is 6.27. The molecule has 150 valence electrons. The van der Waals surface area contributed by atoms with Crippen molar-refractivity contribution < 1.29 is 9.53 Å². The number of methoxy groups -OCH3 is 1. The Balaban J connectivity index is 1.55. The molecule has 1 aliphatic rings. The molecule has 0 bridgehead atoms. The van der Waals surface area contributed by atoms with Crippen molar-refractivity contribution >= 4 is 28.1 Å². The van der Waals surface area contributed by atoms with Gasteiger partial charge in [0.15, 0.2) is 5.13 Å². The molecule has 0 fully saturated rings. The lowest BCUT2D eigenvalue weighted by molar-refractivity contribution is -0.117. The van der Waals surface area contributed by atoms with Gasteiger partial charge in [0.2, 0.25) is 5.91 Å². The molecule has 0 radical (unpaired) electrons. The monoisotopic (exact) mass is 407 g/mol. The summed E-state index contributed by atoms with van der Waals surface area (Å²) >= 11 is 1.66. The second-order valence-electron chi connectivity index (χ2n) is 7.09. The minimum absolute atomic E-state index is 0.00847. The van der Waals surface area contributed by atoms with Crippen molar-refractivity contribution in [2.75, 3.05) is 23.9 Å². The molecule has 2 aromatic carbocycles. The third-order valence-electron chi connectivity index (χ3n) is 5.09. The summed E-state index contributed by atoms with van der Waals surface area (Å²) in [4.78, 5) is 21.2. The number of carbonyl (C=O) groups excluding carboxylic acids is 1. The van der Waals surface area contributed by atoms with E-state index < -0.39 is 0 Å². The van der Waals surface area contributed by atoms with Crippen molar-refractivity contribution in [1.82, 2.24) is 4.98 Å². The van der Waals surface area contributed by atoms with Gasteiger partial charge in [-0.3, -0.25) is 9.69 Å². The van der Waals surface area contributed by atoms with Gasteiger partial charge in [-0.1, -0.05) is 42.5 Å². The third kappa shape index (κ3) is 4.59. The van der Waals surface area contributed by atoms with Crippen molar-refractivity contribution in [3.05, 3.63) is 70.7 Å². The van der Waals surface area contributed by atoms with Crippen LogP contribution in [0.3, 0.4) is 0 Å². The Kier molecular flexibility index (Phi) is 6.10. The minimum Gasteiger partial charge on any atom is -0.495 e. The molecule has 0 aliphatic heterocycles. The lowest BCUT2D eigenvalue weighted by atomic mass is 10.0. The normalized spacial score (nSPS) is 12.9. The lowest BCUT2D eigenvalue weighted by Gasteiger charge is -2.21. The molecule has 1 aromatic heterocycles. The molecule has 1 heterocycles. The van der Waals surface area contributed by atoms with Crippen LogP contribution in [-0.4, -0.2) is 24.5 Å². The second kappa shape index (κ2) is 9.09. The van der Waals surface area contributed by atoms with Crippen molar-refractivity contribution in [3.63, 3.8) is 0 Å². The first-order valence-electron chi connectivity index (χ1n) is 9.94. The van der Waals surface area contributed by atoms with E-state index in [9.17, 15) is 4.79 Å². The number of thiazole rings is 1. The van der Waals surface area contributed by atoms with Crippen LogP contribution >= 0.6 is 11.3 Å². The summed E-state index contributed by atoms with van der Waals surface area (Å²) in [6.07, 6.45) is 4.47. The zero-order valence-electron chi connectivity index (χ0n) is 16.6. The van der Waals surface area contributed by atoms with Crippen LogP contribution in [-0.2, 0) is 24.2 Å². The summed E-state index contributed by atoms with van der Waals surface area (Å²) in [7, 11) is 1.63. The molecule has 0 spiro atoms. The standard InChI is InChI=1S/C23H25N3O2S/c1-28-20-13-7-5-11-18(20)24-15-22(27)26(16-17-9-3-2-4-10-17)23-25-19-12-6-8-14-21(19)29-23/h2-5,7,9-11,13,24H,6,8,12,14-16H2,1H3. The van der Waals surface area contributed by atoms with E-state index in [1.54, 1.807) is 23.3 Å². The maximum absolute atomic E-state index is 13.2.